The van der Waals surface area contributed by atoms with Gasteiger partial charge in [0.1, 0.15) is 0 Å². The Kier molecular flexibility index (Phi) is 8.94. The van der Waals surface area contributed by atoms with Gasteiger partial charge in [-0.25, -0.2) is 0 Å². The van der Waals surface area contributed by atoms with Gasteiger partial charge >= 0.3 is 0 Å². The third kappa shape index (κ3) is 6.35. The third-order valence-electron chi connectivity index (χ3n) is 4.06. The molecule has 0 unspecified atom stereocenters. The predicted octanol–water partition coefficient (Wildman–Crippen LogP) is 2.59. The van der Waals surface area contributed by atoms with E-state index in [1.165, 1.54) is 0 Å². The first kappa shape index (κ1) is 21.4. The highest BCUT2D eigenvalue weighted by Crippen LogP contribution is 2.38. The van der Waals surface area contributed by atoms with Crippen LogP contribution in [0.4, 0.5) is 0 Å². The van der Waals surface area contributed by atoms with Crippen molar-refractivity contribution in [2.45, 2.75) is 13.2 Å². The highest BCUT2D eigenvalue weighted by Gasteiger charge is 2.13. The Bertz CT molecular complexity index is 726. The monoisotopic (exact) mass is 387 g/mol. The first-order chi connectivity index (χ1) is 13.7. The molecular weight excluding hydrogens is 358 g/mol. The Balaban J connectivity index is 1.80. The Morgan fingerprint density at radius 1 is 0.893 bits per heavy atom. The van der Waals surface area contributed by atoms with E-state index in [4.69, 9.17) is 18.9 Å². The summed E-state index contributed by atoms with van der Waals surface area (Å²) in [6, 6.07) is 13.9. The van der Waals surface area contributed by atoms with Crippen LogP contribution in [0.5, 0.6) is 17.2 Å². The second-order valence-corrected chi connectivity index (χ2v) is 5.92. The van der Waals surface area contributed by atoms with Crippen LogP contribution in [0, 0.1) is 0 Å². The molecule has 0 saturated carbocycles. The molecule has 2 N–H and O–H groups in total. The number of hydrogen-bond donors (Lipinski definition) is 2. The van der Waals surface area contributed by atoms with Gasteiger partial charge in [-0.1, -0.05) is 30.3 Å². The lowest BCUT2D eigenvalue weighted by Crippen LogP contribution is -2.38. The molecular formula is C21H29N3O4. The van der Waals surface area contributed by atoms with E-state index in [0.29, 0.717) is 49.5 Å². The number of rotatable bonds is 10. The lowest BCUT2D eigenvalue weighted by Gasteiger charge is -2.16. The lowest BCUT2D eigenvalue weighted by molar-refractivity contribution is 0.125. The predicted molar refractivity (Wildman–Crippen MR) is 110 cm³/mol. The molecule has 0 aliphatic rings. The van der Waals surface area contributed by atoms with Crippen molar-refractivity contribution in [3.63, 3.8) is 0 Å². The van der Waals surface area contributed by atoms with Crippen LogP contribution in [0.1, 0.15) is 11.1 Å². The SMILES string of the molecule is CN=C(NCCOCc1ccccc1)NCc1cc(OC)c(OC)c(OC)c1. The molecule has 7 nitrogen and oxygen atoms in total. The summed E-state index contributed by atoms with van der Waals surface area (Å²) in [5.74, 6) is 2.51. The summed E-state index contributed by atoms with van der Waals surface area (Å²) in [4.78, 5) is 4.23. The van der Waals surface area contributed by atoms with Gasteiger partial charge in [-0.05, 0) is 23.3 Å². The third-order valence-corrected chi connectivity index (χ3v) is 4.06. The zero-order valence-electron chi connectivity index (χ0n) is 17.0. The maximum Gasteiger partial charge on any atom is 0.203 e. The fraction of sp³-hybridized carbons (Fsp3) is 0.381. The van der Waals surface area contributed by atoms with E-state index in [0.717, 1.165) is 11.1 Å². The van der Waals surface area contributed by atoms with Gasteiger partial charge in [0, 0.05) is 20.1 Å². The minimum atomic E-state index is 0.557. The number of aliphatic imine (C=N–C) groups is 1. The fourth-order valence-electron chi connectivity index (χ4n) is 2.65. The van der Waals surface area contributed by atoms with Gasteiger partial charge in [-0.15, -0.1) is 0 Å². The van der Waals surface area contributed by atoms with E-state index in [2.05, 4.69) is 15.6 Å². The molecule has 2 rings (SSSR count). The summed E-state index contributed by atoms with van der Waals surface area (Å²) < 4.78 is 21.8. The molecule has 0 aliphatic heterocycles. The highest BCUT2D eigenvalue weighted by molar-refractivity contribution is 5.79. The van der Waals surface area contributed by atoms with E-state index >= 15 is 0 Å². The van der Waals surface area contributed by atoms with Gasteiger partial charge in [0.25, 0.3) is 0 Å². The second-order valence-electron chi connectivity index (χ2n) is 5.92. The van der Waals surface area contributed by atoms with Crippen molar-refractivity contribution in [1.29, 1.82) is 0 Å². The molecule has 0 fully saturated rings. The zero-order valence-corrected chi connectivity index (χ0v) is 17.0. The standard InChI is InChI=1S/C21H29N3O4/c1-22-21(23-10-11-28-15-16-8-6-5-7-9-16)24-14-17-12-18(25-2)20(27-4)19(13-17)26-3/h5-9,12-13H,10-11,14-15H2,1-4H3,(H2,22,23,24). The molecule has 0 atom stereocenters. The van der Waals surface area contributed by atoms with Crippen LogP contribution in [-0.2, 0) is 17.9 Å². The van der Waals surface area contributed by atoms with Crippen LogP contribution in [0.25, 0.3) is 0 Å². The molecule has 152 valence electrons. The van der Waals surface area contributed by atoms with E-state index in [-0.39, 0.29) is 0 Å². The van der Waals surface area contributed by atoms with Gasteiger partial charge in [-0.2, -0.15) is 0 Å². The minimum absolute atomic E-state index is 0.557. The summed E-state index contributed by atoms with van der Waals surface area (Å²) in [5, 5.41) is 6.50. The number of ether oxygens (including phenoxy) is 4. The average Bonchev–Trinajstić information content (AvgIpc) is 2.75. The summed E-state index contributed by atoms with van der Waals surface area (Å²) in [6.07, 6.45) is 0. The maximum atomic E-state index is 5.67. The quantitative estimate of drug-likeness (QED) is 0.371. The van der Waals surface area contributed by atoms with Gasteiger partial charge in [-0.3, -0.25) is 4.99 Å². The molecule has 0 radical (unpaired) electrons. The topological polar surface area (TPSA) is 73.3 Å². The highest BCUT2D eigenvalue weighted by atomic mass is 16.5. The van der Waals surface area contributed by atoms with Crippen LogP contribution in [0.15, 0.2) is 47.5 Å². The average molecular weight is 387 g/mol. The number of nitrogens with one attached hydrogen (secondary N) is 2. The van der Waals surface area contributed by atoms with E-state index in [1.807, 2.05) is 42.5 Å². The van der Waals surface area contributed by atoms with Gasteiger partial charge < -0.3 is 29.6 Å². The van der Waals surface area contributed by atoms with E-state index in [1.54, 1.807) is 28.4 Å². The van der Waals surface area contributed by atoms with Crippen molar-refractivity contribution in [2.75, 3.05) is 41.5 Å². The number of guanidine groups is 1. The minimum Gasteiger partial charge on any atom is -0.493 e. The number of nitrogens with zero attached hydrogens (tertiary/aromatic N) is 1. The first-order valence-electron chi connectivity index (χ1n) is 9.06. The number of benzene rings is 2. The van der Waals surface area contributed by atoms with Crippen LogP contribution >= 0.6 is 0 Å². The zero-order chi connectivity index (χ0) is 20.2. The second kappa shape index (κ2) is 11.7. The molecule has 2 aromatic carbocycles. The van der Waals surface area contributed by atoms with Crippen LogP contribution in [0.2, 0.25) is 0 Å². The van der Waals surface area contributed by atoms with Crippen molar-refractivity contribution in [2.24, 2.45) is 4.99 Å². The molecule has 0 saturated heterocycles. The molecule has 7 heteroatoms. The van der Waals surface area contributed by atoms with Crippen molar-refractivity contribution in [1.82, 2.24) is 10.6 Å². The lowest BCUT2D eigenvalue weighted by atomic mass is 10.2. The normalized spacial score (nSPS) is 11.1. The van der Waals surface area contributed by atoms with Crippen LogP contribution < -0.4 is 24.8 Å². The number of hydrogen-bond acceptors (Lipinski definition) is 5. The van der Waals surface area contributed by atoms with Crippen molar-refractivity contribution >= 4 is 5.96 Å². The molecule has 0 amide bonds. The Morgan fingerprint density at radius 3 is 2.14 bits per heavy atom. The van der Waals surface area contributed by atoms with E-state index in [9.17, 15) is 0 Å². The van der Waals surface area contributed by atoms with Crippen molar-refractivity contribution in [3.8, 4) is 17.2 Å². The summed E-state index contributed by atoms with van der Waals surface area (Å²) in [6.45, 7) is 2.39. The summed E-state index contributed by atoms with van der Waals surface area (Å²) in [7, 11) is 6.52. The largest absolute Gasteiger partial charge is 0.493 e. The van der Waals surface area contributed by atoms with Gasteiger partial charge in [0.15, 0.2) is 17.5 Å². The molecule has 2 aromatic rings. The smallest absolute Gasteiger partial charge is 0.203 e. The Morgan fingerprint density at radius 2 is 1.57 bits per heavy atom. The van der Waals surface area contributed by atoms with Crippen molar-refractivity contribution in [3.05, 3.63) is 53.6 Å². The molecule has 0 spiro atoms. The molecule has 28 heavy (non-hydrogen) atoms. The van der Waals surface area contributed by atoms with Gasteiger partial charge in [0.05, 0.1) is 34.5 Å². The fourth-order valence-corrected chi connectivity index (χ4v) is 2.65. The molecule has 0 heterocycles. The van der Waals surface area contributed by atoms with Gasteiger partial charge in [0.2, 0.25) is 5.75 Å². The van der Waals surface area contributed by atoms with Crippen LogP contribution in [-0.4, -0.2) is 47.5 Å². The summed E-state index contributed by atoms with van der Waals surface area (Å²) >= 11 is 0. The van der Waals surface area contributed by atoms with Crippen LogP contribution in [0.3, 0.4) is 0 Å². The molecule has 0 aromatic heterocycles. The first-order valence-corrected chi connectivity index (χ1v) is 9.06. The molecule has 0 aliphatic carbocycles. The Hall–Kier alpha value is -2.93. The number of methoxy groups -OCH3 is 3. The Labute approximate surface area is 166 Å². The van der Waals surface area contributed by atoms with Crippen molar-refractivity contribution < 1.29 is 18.9 Å². The maximum absolute atomic E-state index is 5.67. The summed E-state index contributed by atoms with van der Waals surface area (Å²) in [5.41, 5.74) is 2.14. The molecule has 0 bridgehead atoms. The van der Waals surface area contributed by atoms with E-state index < -0.39 is 0 Å².